The third kappa shape index (κ3) is 7.07. The number of rotatable bonds is 10. The Morgan fingerprint density at radius 3 is 2.75 bits per heavy atom. The molecule has 0 aromatic heterocycles. The van der Waals surface area contributed by atoms with Crippen molar-refractivity contribution in [3.05, 3.63) is 46.4 Å². The zero-order valence-electron chi connectivity index (χ0n) is 17.1. The molecule has 1 fully saturated rings. The van der Waals surface area contributed by atoms with Gasteiger partial charge < -0.3 is 25.3 Å². The van der Waals surface area contributed by atoms with E-state index >= 15 is 0 Å². The lowest BCUT2D eigenvalue weighted by molar-refractivity contribution is -0.111. The summed E-state index contributed by atoms with van der Waals surface area (Å²) in [7, 11) is 0. The molecule has 1 aliphatic rings. The highest BCUT2D eigenvalue weighted by atomic mass is 35.5. The maximum atomic E-state index is 11.3. The van der Waals surface area contributed by atoms with Crippen LogP contribution in [-0.4, -0.2) is 50.1 Å². The highest BCUT2D eigenvalue weighted by Crippen LogP contribution is 2.36. The topological polar surface area (TPSA) is 119 Å². The van der Waals surface area contributed by atoms with Crippen LogP contribution >= 0.6 is 23.2 Å². The number of halogens is 2. The molecule has 0 saturated carbocycles. The first kappa shape index (κ1) is 23.8. The van der Waals surface area contributed by atoms with Crippen molar-refractivity contribution in [1.29, 1.82) is 5.26 Å². The van der Waals surface area contributed by atoms with Crippen molar-refractivity contribution < 1.29 is 23.8 Å². The Balaban J connectivity index is 1.48. The van der Waals surface area contributed by atoms with E-state index in [0.717, 1.165) is 5.75 Å². The largest absolute Gasteiger partial charge is 0.491 e. The van der Waals surface area contributed by atoms with Gasteiger partial charge >= 0.3 is 6.03 Å². The van der Waals surface area contributed by atoms with E-state index in [2.05, 4.69) is 5.32 Å². The second kappa shape index (κ2) is 11.6. The number of anilines is 1. The van der Waals surface area contributed by atoms with Gasteiger partial charge in [-0.1, -0.05) is 23.2 Å². The van der Waals surface area contributed by atoms with Gasteiger partial charge in [-0.15, -0.1) is 0 Å². The molecule has 0 radical (unpaired) electrons. The fourth-order valence-electron chi connectivity index (χ4n) is 2.98. The van der Waals surface area contributed by atoms with Gasteiger partial charge in [0.25, 0.3) is 0 Å². The van der Waals surface area contributed by atoms with Crippen molar-refractivity contribution in [1.82, 2.24) is 5.06 Å². The summed E-state index contributed by atoms with van der Waals surface area (Å²) in [5, 5.41) is 13.8. The van der Waals surface area contributed by atoms with Crippen molar-refractivity contribution in [2.45, 2.75) is 12.5 Å². The van der Waals surface area contributed by atoms with E-state index in [-0.39, 0.29) is 23.5 Å². The lowest BCUT2D eigenvalue weighted by Gasteiger charge is -2.17. The van der Waals surface area contributed by atoms with Crippen LogP contribution in [0.15, 0.2) is 36.4 Å². The van der Waals surface area contributed by atoms with Crippen LogP contribution < -0.4 is 25.3 Å². The average molecular weight is 481 g/mol. The summed E-state index contributed by atoms with van der Waals surface area (Å²) < 4.78 is 17.0. The van der Waals surface area contributed by atoms with Crippen molar-refractivity contribution in [3.8, 4) is 23.3 Å². The van der Waals surface area contributed by atoms with Crippen LogP contribution in [0.5, 0.6) is 17.2 Å². The summed E-state index contributed by atoms with van der Waals surface area (Å²) in [6, 6.07) is 11.3. The third-order valence-corrected chi connectivity index (χ3v) is 4.91. The number of nitrogens with one attached hydrogen (secondary N) is 1. The number of carbonyl (C=O) groups excluding carboxylic acids is 1. The molecule has 1 atom stereocenters. The Morgan fingerprint density at radius 1 is 1.25 bits per heavy atom. The summed E-state index contributed by atoms with van der Waals surface area (Å²) in [4.78, 5) is 16.9. The molecule has 0 bridgehead atoms. The van der Waals surface area contributed by atoms with Crippen molar-refractivity contribution in [3.63, 3.8) is 0 Å². The molecular formula is C21H22Cl2N4O5. The molecule has 9 nitrogen and oxygen atoms in total. The summed E-state index contributed by atoms with van der Waals surface area (Å²) in [5.74, 6) is 1.33. The highest BCUT2D eigenvalue weighted by molar-refractivity contribution is 6.32. The quantitative estimate of drug-likeness (QED) is 0.495. The number of ether oxygens (including phenoxy) is 3. The summed E-state index contributed by atoms with van der Waals surface area (Å²) in [6.07, 6.45) is 0.556. The number of nitrogens with zero attached hydrogens (tertiary/aromatic N) is 2. The molecular weight excluding hydrogens is 459 g/mol. The predicted octanol–water partition coefficient (Wildman–Crippen LogP) is 3.85. The zero-order chi connectivity index (χ0) is 22.9. The third-order valence-electron chi connectivity index (χ3n) is 4.36. The van der Waals surface area contributed by atoms with Crippen molar-refractivity contribution >= 4 is 34.9 Å². The summed E-state index contributed by atoms with van der Waals surface area (Å²) >= 11 is 12.0. The van der Waals surface area contributed by atoms with E-state index in [1.165, 1.54) is 12.1 Å². The maximum Gasteiger partial charge on any atom is 0.316 e. The number of nitriles is 1. The van der Waals surface area contributed by atoms with E-state index < -0.39 is 6.03 Å². The molecule has 0 spiro atoms. The van der Waals surface area contributed by atoms with E-state index in [1.54, 1.807) is 12.1 Å². The Labute approximate surface area is 195 Å². The minimum absolute atomic E-state index is 0.0837. The number of amides is 2. The number of carbonyl (C=O) groups is 1. The molecule has 11 heteroatoms. The minimum Gasteiger partial charge on any atom is -0.491 e. The first-order valence-corrected chi connectivity index (χ1v) is 10.5. The summed E-state index contributed by atoms with van der Waals surface area (Å²) in [5.41, 5.74) is 5.52. The fourth-order valence-corrected chi connectivity index (χ4v) is 3.33. The lowest BCUT2D eigenvalue weighted by atomic mass is 10.2. The average Bonchev–Trinajstić information content (AvgIpc) is 3.20. The molecule has 2 aromatic rings. The van der Waals surface area contributed by atoms with Gasteiger partial charge in [-0.3, -0.25) is 4.84 Å². The Hall–Kier alpha value is -2.90. The second-order valence-corrected chi connectivity index (χ2v) is 7.64. The first-order valence-electron chi connectivity index (χ1n) is 9.77. The van der Waals surface area contributed by atoms with Crippen LogP contribution in [0.4, 0.5) is 10.5 Å². The normalized spacial score (nSPS) is 15.7. The number of hydrogen-bond donors (Lipinski definition) is 2. The van der Waals surface area contributed by atoms with E-state index in [9.17, 15) is 4.79 Å². The monoisotopic (exact) mass is 480 g/mol. The van der Waals surface area contributed by atoms with Gasteiger partial charge in [0.1, 0.15) is 36.0 Å². The Bertz CT molecular complexity index is 968. The molecule has 3 rings (SSSR count). The number of hydrogen-bond acceptors (Lipinski definition) is 7. The fraction of sp³-hybridized carbons (Fsp3) is 0.333. The molecule has 1 unspecified atom stereocenters. The van der Waals surface area contributed by atoms with Gasteiger partial charge in [-0.2, -0.15) is 10.3 Å². The van der Waals surface area contributed by atoms with E-state index in [0.29, 0.717) is 49.2 Å². The first-order chi connectivity index (χ1) is 15.4. The zero-order valence-corrected chi connectivity index (χ0v) is 18.6. The standard InChI is InChI=1S/C21H22Cl2N4O5/c22-14-2-4-15(5-3-14)32-16-12-27(31-13-16)7-1-8-29-20-11-19(30-9-6-24)17(23)10-18(20)26-21(25)28/h2-5,10-11,16H,1,7-9,12-13H2,(H3,25,26,28). The van der Waals surface area contributed by atoms with E-state index in [4.69, 9.17) is 53.2 Å². The highest BCUT2D eigenvalue weighted by Gasteiger charge is 2.25. The molecule has 2 aromatic carbocycles. The van der Waals surface area contributed by atoms with Gasteiger partial charge in [0, 0.05) is 17.6 Å². The van der Waals surface area contributed by atoms with Crippen LogP contribution in [0.3, 0.4) is 0 Å². The molecule has 1 heterocycles. The number of benzene rings is 2. The van der Waals surface area contributed by atoms with Crippen molar-refractivity contribution in [2.24, 2.45) is 5.73 Å². The number of primary amides is 1. The maximum absolute atomic E-state index is 11.3. The van der Waals surface area contributed by atoms with Crippen LogP contribution in [0.1, 0.15) is 6.42 Å². The SMILES string of the molecule is N#CCOc1cc(OCCCN2CC(Oc3ccc(Cl)cc3)CO2)c(NC(N)=O)cc1Cl. The molecule has 1 saturated heterocycles. The molecule has 0 aliphatic carbocycles. The van der Waals surface area contributed by atoms with Gasteiger partial charge in [0.2, 0.25) is 0 Å². The van der Waals surface area contributed by atoms with Gasteiger partial charge in [0.05, 0.1) is 23.9 Å². The van der Waals surface area contributed by atoms with E-state index in [1.807, 2.05) is 23.3 Å². The molecule has 170 valence electrons. The lowest BCUT2D eigenvalue weighted by Crippen LogP contribution is -2.26. The van der Waals surface area contributed by atoms with Crippen LogP contribution in [0.2, 0.25) is 10.0 Å². The van der Waals surface area contributed by atoms with Gasteiger partial charge in [0.15, 0.2) is 6.61 Å². The Morgan fingerprint density at radius 2 is 2.03 bits per heavy atom. The van der Waals surface area contributed by atoms with Crippen molar-refractivity contribution in [2.75, 3.05) is 38.2 Å². The van der Waals surface area contributed by atoms with Crippen LogP contribution in [0, 0.1) is 11.3 Å². The molecule has 32 heavy (non-hydrogen) atoms. The predicted molar refractivity (Wildman–Crippen MR) is 119 cm³/mol. The van der Waals surface area contributed by atoms with Crippen LogP contribution in [0.25, 0.3) is 0 Å². The number of nitrogens with two attached hydrogens (primary N) is 1. The smallest absolute Gasteiger partial charge is 0.316 e. The summed E-state index contributed by atoms with van der Waals surface area (Å²) in [6.45, 7) is 1.84. The van der Waals surface area contributed by atoms with Crippen LogP contribution in [-0.2, 0) is 4.84 Å². The minimum atomic E-state index is -0.756. The van der Waals surface area contributed by atoms with Gasteiger partial charge in [-0.25, -0.2) is 4.79 Å². The molecule has 3 N–H and O–H groups in total. The Kier molecular flexibility index (Phi) is 8.64. The molecule has 1 aliphatic heterocycles. The van der Waals surface area contributed by atoms with Gasteiger partial charge in [-0.05, 0) is 36.8 Å². The second-order valence-electron chi connectivity index (χ2n) is 6.79. The number of hydroxylamine groups is 2. The molecule has 2 amide bonds. The number of urea groups is 1.